The first-order valence-corrected chi connectivity index (χ1v) is 32.0. The highest BCUT2D eigenvalue weighted by Gasteiger charge is 2.50. The Morgan fingerprint density at radius 2 is 0.805 bits per heavy atom. The van der Waals surface area contributed by atoms with Gasteiger partial charge in [-0.2, -0.15) is 0 Å². The number of carboxylic acid groups (broad SMARTS) is 1. The average molecular weight is 1090 g/mol. The summed E-state index contributed by atoms with van der Waals surface area (Å²) in [5.41, 5.74) is 0. The van der Waals surface area contributed by atoms with Crippen LogP contribution >= 0.6 is 0 Å². The van der Waals surface area contributed by atoms with E-state index in [4.69, 9.17) is 23.7 Å². The molecule has 0 aromatic rings. The molecule has 1 rings (SSSR count). The number of aliphatic hydroxyl groups excluding tert-OH is 2. The average Bonchev–Trinajstić information content (AvgIpc) is 3.42. The number of hydrogen-bond donors (Lipinski definition) is 3. The van der Waals surface area contributed by atoms with Gasteiger partial charge in [-0.15, -0.1) is 0 Å². The SMILES string of the molecule is CCC/C=C\C/C=C\CCCCCCCC(=O)OC(COC(=O)CCCCCCCCCCCCCCCCCCCCC)COC1OC(C(=O)O)C(O)C(O)C1OC(=O)CCCCCCC/C=C\CCCCCCCC. The smallest absolute Gasteiger partial charge is 0.335 e. The van der Waals surface area contributed by atoms with Crippen LogP contribution in [-0.2, 0) is 42.9 Å². The highest BCUT2D eigenvalue weighted by Crippen LogP contribution is 2.27. The fourth-order valence-corrected chi connectivity index (χ4v) is 9.76. The van der Waals surface area contributed by atoms with Gasteiger partial charge in [0, 0.05) is 19.3 Å². The van der Waals surface area contributed by atoms with Crippen LogP contribution in [-0.4, -0.2) is 89.2 Å². The molecule has 12 nitrogen and oxygen atoms in total. The zero-order valence-electron chi connectivity index (χ0n) is 49.5. The molecule has 0 aromatic heterocycles. The van der Waals surface area contributed by atoms with Crippen molar-refractivity contribution in [1.82, 2.24) is 0 Å². The molecule has 0 amide bonds. The molecular formula is C65H116O12. The lowest BCUT2D eigenvalue weighted by Crippen LogP contribution is -2.61. The highest BCUT2D eigenvalue weighted by molar-refractivity contribution is 5.74. The Kier molecular flexibility index (Phi) is 50.1. The zero-order chi connectivity index (χ0) is 56.1. The Morgan fingerprint density at radius 3 is 1.23 bits per heavy atom. The predicted octanol–water partition coefficient (Wildman–Crippen LogP) is 16.8. The molecule has 0 aromatic carbocycles. The lowest BCUT2D eigenvalue weighted by Gasteiger charge is -2.40. The van der Waals surface area contributed by atoms with Gasteiger partial charge < -0.3 is 39.0 Å². The third-order valence-electron chi connectivity index (χ3n) is 14.7. The van der Waals surface area contributed by atoms with Gasteiger partial charge in [0.2, 0.25) is 0 Å². The number of ether oxygens (including phenoxy) is 5. The Labute approximate surface area is 470 Å². The molecule has 6 atom stereocenters. The van der Waals surface area contributed by atoms with Gasteiger partial charge in [-0.3, -0.25) is 14.4 Å². The van der Waals surface area contributed by atoms with E-state index in [2.05, 4.69) is 57.2 Å². The number of unbranched alkanes of at least 4 members (excludes halogenated alkanes) is 35. The Morgan fingerprint density at radius 1 is 0.429 bits per heavy atom. The Balaban J connectivity index is 2.64. The van der Waals surface area contributed by atoms with E-state index in [1.165, 1.54) is 135 Å². The van der Waals surface area contributed by atoms with Crippen molar-refractivity contribution in [2.75, 3.05) is 13.2 Å². The van der Waals surface area contributed by atoms with Crippen LogP contribution in [0.15, 0.2) is 36.5 Å². The van der Waals surface area contributed by atoms with E-state index in [1.54, 1.807) is 0 Å². The minimum Gasteiger partial charge on any atom is -0.479 e. The summed E-state index contributed by atoms with van der Waals surface area (Å²) in [5, 5.41) is 31.5. The van der Waals surface area contributed by atoms with Crippen molar-refractivity contribution >= 4 is 23.9 Å². The van der Waals surface area contributed by atoms with Crippen molar-refractivity contribution in [2.24, 2.45) is 0 Å². The third-order valence-corrected chi connectivity index (χ3v) is 14.7. The fraction of sp³-hybridized carbons (Fsp3) is 0.846. The molecule has 77 heavy (non-hydrogen) atoms. The van der Waals surface area contributed by atoms with Crippen LogP contribution in [0, 0.1) is 0 Å². The molecule has 448 valence electrons. The normalized spacial score (nSPS) is 18.2. The van der Waals surface area contributed by atoms with Gasteiger partial charge in [0.15, 0.2) is 24.6 Å². The molecule has 6 unspecified atom stereocenters. The standard InChI is InChI=1S/C65H116O12/c1-4-7-10-13-16-19-22-25-27-28-29-30-32-34-36-39-42-45-48-51-57(66)73-54-56(75-58(67)52-49-46-43-40-37-33-24-21-18-15-12-9-6-3)55-74-65-63(61(70)60(69)62(77-65)64(71)72)76-59(68)53-50-47-44-41-38-35-31-26-23-20-17-14-11-8-5-2/h12,15,21,24,26,31,56,60-63,65,69-70H,4-11,13-14,16-20,22-23,25,27-30,32-55H2,1-3H3,(H,71,72)/b15-12-,24-21-,31-26-. The summed E-state index contributed by atoms with van der Waals surface area (Å²) in [6.07, 6.45) is 51.1. The minimum absolute atomic E-state index is 0.0519. The van der Waals surface area contributed by atoms with Crippen LogP contribution in [0.3, 0.4) is 0 Å². The minimum atomic E-state index is -1.90. The molecule has 3 N–H and O–H groups in total. The maximum Gasteiger partial charge on any atom is 0.335 e. The maximum atomic E-state index is 13.2. The summed E-state index contributed by atoms with van der Waals surface area (Å²) in [6, 6.07) is 0. The van der Waals surface area contributed by atoms with Gasteiger partial charge in [0.1, 0.15) is 18.8 Å². The number of carbonyl (C=O) groups is 4. The number of aliphatic hydroxyl groups is 2. The lowest BCUT2D eigenvalue weighted by atomic mass is 9.98. The van der Waals surface area contributed by atoms with Crippen LogP contribution in [0.5, 0.6) is 0 Å². The second kappa shape index (κ2) is 53.6. The van der Waals surface area contributed by atoms with Crippen molar-refractivity contribution < 1.29 is 58.2 Å². The molecular weight excluding hydrogens is 973 g/mol. The molecule has 0 saturated carbocycles. The monoisotopic (exact) mass is 1090 g/mol. The van der Waals surface area contributed by atoms with Gasteiger partial charge in [0.05, 0.1) is 6.61 Å². The van der Waals surface area contributed by atoms with Gasteiger partial charge in [0.25, 0.3) is 0 Å². The number of aliphatic carboxylic acids is 1. The Hall–Kier alpha value is -3.06. The summed E-state index contributed by atoms with van der Waals surface area (Å²) < 4.78 is 28.5. The Bertz CT molecular complexity index is 1480. The van der Waals surface area contributed by atoms with Crippen molar-refractivity contribution in [3.63, 3.8) is 0 Å². The number of esters is 3. The molecule has 1 saturated heterocycles. The van der Waals surface area contributed by atoms with Gasteiger partial charge in [-0.25, -0.2) is 4.79 Å². The van der Waals surface area contributed by atoms with Crippen LogP contribution < -0.4 is 0 Å². The predicted molar refractivity (Wildman–Crippen MR) is 313 cm³/mol. The molecule has 12 heteroatoms. The molecule has 0 aliphatic carbocycles. The quantitative estimate of drug-likeness (QED) is 0.0228. The fourth-order valence-electron chi connectivity index (χ4n) is 9.76. The lowest BCUT2D eigenvalue weighted by molar-refractivity contribution is -0.301. The van der Waals surface area contributed by atoms with Crippen molar-refractivity contribution in [3.05, 3.63) is 36.5 Å². The summed E-state index contributed by atoms with van der Waals surface area (Å²) in [6.45, 7) is 5.95. The van der Waals surface area contributed by atoms with E-state index < -0.39 is 67.3 Å². The topological polar surface area (TPSA) is 175 Å². The molecule has 1 aliphatic heterocycles. The molecule has 1 fully saturated rings. The van der Waals surface area contributed by atoms with Crippen LogP contribution in [0.2, 0.25) is 0 Å². The van der Waals surface area contributed by atoms with Gasteiger partial charge >= 0.3 is 23.9 Å². The molecule has 0 bridgehead atoms. The van der Waals surface area contributed by atoms with Crippen molar-refractivity contribution in [2.45, 2.75) is 340 Å². The zero-order valence-corrected chi connectivity index (χ0v) is 49.5. The van der Waals surface area contributed by atoms with Crippen LogP contribution in [0.4, 0.5) is 0 Å². The largest absolute Gasteiger partial charge is 0.479 e. The van der Waals surface area contributed by atoms with E-state index in [1.807, 2.05) is 0 Å². The number of rotatable bonds is 55. The van der Waals surface area contributed by atoms with E-state index in [9.17, 15) is 34.5 Å². The number of carbonyl (C=O) groups excluding carboxylic acids is 3. The van der Waals surface area contributed by atoms with E-state index in [-0.39, 0.29) is 25.9 Å². The van der Waals surface area contributed by atoms with Gasteiger partial charge in [-0.05, 0) is 70.6 Å². The van der Waals surface area contributed by atoms with Crippen LogP contribution in [0.25, 0.3) is 0 Å². The van der Waals surface area contributed by atoms with Gasteiger partial charge in [-0.1, -0.05) is 250 Å². The number of hydrogen-bond acceptors (Lipinski definition) is 11. The third kappa shape index (κ3) is 43.4. The summed E-state index contributed by atoms with van der Waals surface area (Å²) in [5.74, 6) is -3.12. The van der Waals surface area contributed by atoms with E-state index >= 15 is 0 Å². The summed E-state index contributed by atoms with van der Waals surface area (Å²) in [7, 11) is 0. The first-order valence-electron chi connectivity index (χ1n) is 32.0. The van der Waals surface area contributed by atoms with Crippen LogP contribution in [0.1, 0.15) is 303 Å². The first-order chi connectivity index (χ1) is 37.6. The summed E-state index contributed by atoms with van der Waals surface area (Å²) in [4.78, 5) is 51.2. The highest BCUT2D eigenvalue weighted by atomic mass is 16.7. The van der Waals surface area contributed by atoms with E-state index in [0.717, 1.165) is 109 Å². The molecule has 0 spiro atoms. The van der Waals surface area contributed by atoms with Crippen molar-refractivity contribution in [3.8, 4) is 0 Å². The van der Waals surface area contributed by atoms with E-state index in [0.29, 0.717) is 19.3 Å². The van der Waals surface area contributed by atoms with Crippen molar-refractivity contribution in [1.29, 1.82) is 0 Å². The molecule has 1 heterocycles. The number of carboxylic acids is 1. The number of allylic oxidation sites excluding steroid dienone is 6. The molecule has 1 aliphatic rings. The summed E-state index contributed by atoms with van der Waals surface area (Å²) >= 11 is 0. The molecule has 0 radical (unpaired) electrons. The second-order valence-corrected chi connectivity index (χ2v) is 22.0. The maximum absolute atomic E-state index is 13.2. The first kappa shape index (κ1) is 72.0. The second-order valence-electron chi connectivity index (χ2n) is 22.0.